The van der Waals surface area contributed by atoms with Crippen LogP contribution in [0.3, 0.4) is 0 Å². The molecule has 3 unspecified atom stereocenters. The van der Waals surface area contributed by atoms with Crippen LogP contribution in [0.2, 0.25) is 4.34 Å². The average molecular weight is 284 g/mol. The van der Waals surface area contributed by atoms with Crippen molar-refractivity contribution in [2.75, 3.05) is 0 Å². The highest BCUT2D eigenvalue weighted by Crippen LogP contribution is 2.40. The lowest BCUT2D eigenvalue weighted by Crippen LogP contribution is -2.39. The van der Waals surface area contributed by atoms with E-state index in [0.717, 1.165) is 16.3 Å². The van der Waals surface area contributed by atoms with Crippen LogP contribution in [0.15, 0.2) is 6.07 Å². The topological polar surface area (TPSA) is 12.0 Å². The van der Waals surface area contributed by atoms with Crippen molar-refractivity contribution in [3.63, 3.8) is 0 Å². The van der Waals surface area contributed by atoms with E-state index in [1.54, 1.807) is 11.3 Å². The van der Waals surface area contributed by atoms with Gasteiger partial charge < -0.3 is 5.32 Å². The first-order valence-electron chi connectivity index (χ1n) is 7.32. The third-order valence-corrected chi connectivity index (χ3v) is 6.04. The molecule has 1 nitrogen and oxygen atoms in total. The van der Waals surface area contributed by atoms with Gasteiger partial charge in [-0.05, 0) is 43.2 Å². The standard InChI is InChI=1S/C15H22ClNS/c1-2-10-5-3-4-6-12(10)17-13-7-8-14-11(13)9-15(16)18-14/h9-10,12-13,17H,2-8H2,1H3. The van der Waals surface area contributed by atoms with Gasteiger partial charge in [0.15, 0.2) is 0 Å². The summed E-state index contributed by atoms with van der Waals surface area (Å²) in [5, 5.41) is 3.94. The molecule has 0 spiro atoms. The molecule has 3 atom stereocenters. The molecule has 0 saturated heterocycles. The van der Waals surface area contributed by atoms with E-state index in [9.17, 15) is 0 Å². The zero-order valence-corrected chi connectivity index (χ0v) is 12.6. The lowest BCUT2D eigenvalue weighted by atomic mass is 9.82. The summed E-state index contributed by atoms with van der Waals surface area (Å²) >= 11 is 7.91. The van der Waals surface area contributed by atoms with Crippen molar-refractivity contribution in [2.45, 2.75) is 64.0 Å². The fourth-order valence-corrected chi connectivity index (χ4v) is 5.03. The Balaban J connectivity index is 1.69. The number of aryl methyl sites for hydroxylation is 1. The van der Waals surface area contributed by atoms with E-state index in [1.807, 2.05) is 0 Å². The summed E-state index contributed by atoms with van der Waals surface area (Å²) in [6, 6.07) is 3.50. The number of halogens is 1. The van der Waals surface area contributed by atoms with Crippen LogP contribution in [0.5, 0.6) is 0 Å². The van der Waals surface area contributed by atoms with Gasteiger partial charge in [0, 0.05) is 17.0 Å². The maximum atomic E-state index is 6.13. The summed E-state index contributed by atoms with van der Waals surface area (Å²) in [5.41, 5.74) is 1.49. The Bertz CT molecular complexity index is 415. The van der Waals surface area contributed by atoms with Gasteiger partial charge in [-0.3, -0.25) is 0 Å². The Morgan fingerprint density at radius 1 is 1.33 bits per heavy atom. The molecule has 0 aliphatic heterocycles. The van der Waals surface area contributed by atoms with Crippen LogP contribution >= 0.6 is 22.9 Å². The summed E-state index contributed by atoms with van der Waals surface area (Å²) in [6.45, 7) is 2.34. The van der Waals surface area contributed by atoms with Crippen LogP contribution in [0, 0.1) is 5.92 Å². The molecule has 2 aliphatic rings. The van der Waals surface area contributed by atoms with Crippen LogP contribution in [0.25, 0.3) is 0 Å². The van der Waals surface area contributed by atoms with Crippen molar-refractivity contribution in [3.8, 4) is 0 Å². The maximum Gasteiger partial charge on any atom is 0.0934 e. The van der Waals surface area contributed by atoms with E-state index in [-0.39, 0.29) is 0 Å². The van der Waals surface area contributed by atoms with E-state index >= 15 is 0 Å². The Morgan fingerprint density at radius 2 is 2.17 bits per heavy atom. The molecule has 1 N–H and O–H groups in total. The smallest absolute Gasteiger partial charge is 0.0934 e. The first kappa shape index (κ1) is 13.0. The minimum atomic E-state index is 0.570. The van der Waals surface area contributed by atoms with Gasteiger partial charge in [-0.25, -0.2) is 0 Å². The lowest BCUT2D eigenvalue weighted by Gasteiger charge is -2.34. The molecule has 0 aromatic carbocycles. The first-order chi connectivity index (χ1) is 8.78. The Kier molecular flexibility index (Phi) is 3.97. The third-order valence-electron chi connectivity index (χ3n) is 4.70. The van der Waals surface area contributed by atoms with E-state index in [2.05, 4.69) is 18.3 Å². The third kappa shape index (κ3) is 2.48. The highest BCUT2D eigenvalue weighted by atomic mass is 35.5. The van der Waals surface area contributed by atoms with Crippen LogP contribution < -0.4 is 5.32 Å². The summed E-state index contributed by atoms with van der Waals surface area (Å²) in [4.78, 5) is 1.52. The Hall–Kier alpha value is -0.0500. The van der Waals surface area contributed by atoms with Gasteiger partial charge in [-0.2, -0.15) is 0 Å². The largest absolute Gasteiger partial charge is 0.307 e. The molecule has 1 heterocycles. The van der Waals surface area contributed by atoms with E-state index in [1.165, 1.54) is 55.4 Å². The van der Waals surface area contributed by atoms with Gasteiger partial charge in [0.25, 0.3) is 0 Å². The predicted molar refractivity (Wildman–Crippen MR) is 79.6 cm³/mol. The molecule has 1 fully saturated rings. The van der Waals surface area contributed by atoms with E-state index in [0.29, 0.717) is 6.04 Å². The van der Waals surface area contributed by atoms with Crippen molar-refractivity contribution in [3.05, 3.63) is 20.8 Å². The second-order valence-electron chi connectivity index (χ2n) is 5.75. The molecule has 1 aromatic heterocycles. The second-order valence-corrected chi connectivity index (χ2v) is 7.51. The van der Waals surface area contributed by atoms with Crippen molar-refractivity contribution >= 4 is 22.9 Å². The zero-order valence-electron chi connectivity index (χ0n) is 11.0. The summed E-state index contributed by atoms with van der Waals surface area (Å²) in [6.07, 6.45) is 9.41. The summed E-state index contributed by atoms with van der Waals surface area (Å²) < 4.78 is 0.960. The van der Waals surface area contributed by atoms with Crippen LogP contribution in [-0.2, 0) is 6.42 Å². The van der Waals surface area contributed by atoms with Gasteiger partial charge >= 0.3 is 0 Å². The van der Waals surface area contributed by atoms with Gasteiger partial charge in [0.2, 0.25) is 0 Å². The molecule has 2 aliphatic carbocycles. The fourth-order valence-electron chi connectivity index (χ4n) is 3.68. The molecule has 0 bridgehead atoms. The number of thiophene rings is 1. The second kappa shape index (κ2) is 5.52. The Labute approximate surface area is 119 Å². The van der Waals surface area contributed by atoms with Crippen molar-refractivity contribution in [2.24, 2.45) is 5.92 Å². The maximum absolute atomic E-state index is 6.13. The molecule has 3 rings (SSSR count). The van der Waals surface area contributed by atoms with Gasteiger partial charge in [0.05, 0.1) is 4.34 Å². The molecular formula is C15H22ClNS. The van der Waals surface area contributed by atoms with Crippen LogP contribution in [0.1, 0.15) is 61.9 Å². The predicted octanol–water partition coefficient (Wildman–Crippen LogP) is 4.95. The Morgan fingerprint density at radius 3 is 3.00 bits per heavy atom. The number of hydrogen-bond acceptors (Lipinski definition) is 2. The molecule has 18 heavy (non-hydrogen) atoms. The SMILES string of the molecule is CCC1CCCCC1NC1CCc2sc(Cl)cc21. The summed E-state index contributed by atoms with van der Waals surface area (Å²) in [7, 11) is 0. The van der Waals surface area contributed by atoms with Crippen molar-refractivity contribution < 1.29 is 0 Å². The monoisotopic (exact) mass is 283 g/mol. The normalized spacial score (nSPS) is 31.6. The zero-order chi connectivity index (χ0) is 12.5. The number of fused-ring (bicyclic) bond motifs is 1. The average Bonchev–Trinajstić information content (AvgIpc) is 2.91. The number of nitrogens with one attached hydrogen (secondary N) is 1. The highest BCUT2D eigenvalue weighted by Gasteiger charge is 2.30. The lowest BCUT2D eigenvalue weighted by molar-refractivity contribution is 0.236. The van der Waals surface area contributed by atoms with Crippen molar-refractivity contribution in [1.29, 1.82) is 0 Å². The molecule has 0 amide bonds. The van der Waals surface area contributed by atoms with Gasteiger partial charge in [0.1, 0.15) is 0 Å². The minimum absolute atomic E-state index is 0.570. The molecule has 0 radical (unpaired) electrons. The first-order valence-corrected chi connectivity index (χ1v) is 8.51. The van der Waals surface area contributed by atoms with E-state index < -0.39 is 0 Å². The highest BCUT2D eigenvalue weighted by molar-refractivity contribution is 7.16. The number of hydrogen-bond donors (Lipinski definition) is 1. The van der Waals surface area contributed by atoms with Crippen molar-refractivity contribution in [1.82, 2.24) is 5.32 Å². The van der Waals surface area contributed by atoms with Gasteiger partial charge in [-0.1, -0.05) is 37.8 Å². The minimum Gasteiger partial charge on any atom is -0.307 e. The molecule has 1 saturated carbocycles. The quantitative estimate of drug-likeness (QED) is 0.828. The molecule has 100 valence electrons. The molecule has 3 heteroatoms. The van der Waals surface area contributed by atoms with Crippen LogP contribution in [0.4, 0.5) is 0 Å². The van der Waals surface area contributed by atoms with E-state index in [4.69, 9.17) is 11.6 Å². The molecule has 1 aromatic rings. The molecular weight excluding hydrogens is 262 g/mol. The van der Waals surface area contributed by atoms with Gasteiger partial charge in [-0.15, -0.1) is 11.3 Å². The number of rotatable bonds is 3. The summed E-state index contributed by atoms with van der Waals surface area (Å²) in [5.74, 6) is 0.886. The van der Waals surface area contributed by atoms with Crippen LogP contribution in [-0.4, -0.2) is 6.04 Å². The fraction of sp³-hybridized carbons (Fsp3) is 0.733.